The van der Waals surface area contributed by atoms with Crippen LogP contribution in [0.15, 0.2) is 28.7 Å². The van der Waals surface area contributed by atoms with E-state index >= 15 is 0 Å². The van der Waals surface area contributed by atoms with Crippen LogP contribution in [0.4, 0.5) is 0 Å². The molecule has 1 atom stereocenters. The number of nitrogens with one attached hydrogen (secondary N) is 2. The topological polar surface area (TPSA) is 41.1 Å². The lowest BCUT2D eigenvalue weighted by Gasteiger charge is -2.11. The van der Waals surface area contributed by atoms with Gasteiger partial charge in [0, 0.05) is 28.4 Å². The molecule has 1 aromatic rings. The zero-order valence-electron chi connectivity index (χ0n) is 10.8. The largest absolute Gasteiger partial charge is 0.352 e. The molecule has 2 rings (SSSR count). The average molecular weight is 343 g/mol. The predicted molar refractivity (Wildman–Crippen MR) is 84.8 cm³/mol. The molecule has 1 aromatic carbocycles. The van der Waals surface area contributed by atoms with E-state index < -0.39 is 0 Å². The predicted octanol–water partition coefficient (Wildman–Crippen LogP) is 2.66. The van der Waals surface area contributed by atoms with Gasteiger partial charge in [0.25, 0.3) is 5.91 Å². The Morgan fingerprint density at radius 1 is 1.32 bits per heavy atom. The van der Waals surface area contributed by atoms with E-state index in [0.29, 0.717) is 11.6 Å². The fraction of sp³-hybridized carbons (Fsp3) is 0.500. The van der Waals surface area contributed by atoms with Gasteiger partial charge in [-0.3, -0.25) is 4.79 Å². The molecule has 3 nitrogen and oxygen atoms in total. The van der Waals surface area contributed by atoms with Crippen LogP contribution < -0.4 is 10.6 Å². The van der Waals surface area contributed by atoms with Gasteiger partial charge in [0.05, 0.1) is 0 Å². The van der Waals surface area contributed by atoms with Crippen molar-refractivity contribution in [3.8, 4) is 0 Å². The van der Waals surface area contributed by atoms with E-state index in [4.69, 9.17) is 0 Å². The van der Waals surface area contributed by atoms with E-state index in [0.717, 1.165) is 24.0 Å². The average Bonchev–Trinajstić information content (AvgIpc) is 2.92. The highest BCUT2D eigenvalue weighted by atomic mass is 79.9. The number of rotatable bonds is 6. The van der Waals surface area contributed by atoms with Crippen molar-refractivity contribution in [2.24, 2.45) is 0 Å². The van der Waals surface area contributed by atoms with Crippen molar-refractivity contribution in [2.45, 2.75) is 18.9 Å². The summed E-state index contributed by atoms with van der Waals surface area (Å²) in [4.78, 5) is 11.8. The van der Waals surface area contributed by atoms with E-state index in [-0.39, 0.29) is 5.91 Å². The summed E-state index contributed by atoms with van der Waals surface area (Å²) >= 11 is 5.37. The molecule has 1 aliphatic heterocycles. The van der Waals surface area contributed by atoms with Gasteiger partial charge in [-0.15, -0.1) is 0 Å². The molecule has 1 saturated heterocycles. The maximum Gasteiger partial charge on any atom is 0.251 e. The van der Waals surface area contributed by atoms with Crippen LogP contribution in [0.3, 0.4) is 0 Å². The Morgan fingerprint density at radius 2 is 2.11 bits per heavy atom. The van der Waals surface area contributed by atoms with Crippen LogP contribution in [0, 0.1) is 0 Å². The number of hydrogen-bond acceptors (Lipinski definition) is 3. The lowest BCUT2D eigenvalue weighted by molar-refractivity contribution is 0.0953. The van der Waals surface area contributed by atoms with Gasteiger partial charge in [0.15, 0.2) is 0 Å². The van der Waals surface area contributed by atoms with Gasteiger partial charge in [-0.05, 0) is 49.4 Å². The van der Waals surface area contributed by atoms with Gasteiger partial charge in [0.1, 0.15) is 0 Å². The summed E-state index contributed by atoms with van der Waals surface area (Å²) in [6, 6.07) is 8.09. The van der Waals surface area contributed by atoms with Crippen LogP contribution in [0.25, 0.3) is 0 Å². The summed E-state index contributed by atoms with van der Waals surface area (Å²) in [6.07, 6.45) is 2.25. The van der Waals surface area contributed by atoms with Gasteiger partial charge in [-0.1, -0.05) is 15.9 Å². The fourth-order valence-electron chi connectivity index (χ4n) is 2.00. The first-order valence-electron chi connectivity index (χ1n) is 6.60. The molecule has 0 spiro atoms. The number of carbonyl (C=O) groups excluding carboxylic acids is 1. The second kappa shape index (κ2) is 7.92. The van der Waals surface area contributed by atoms with Crippen molar-refractivity contribution in [3.05, 3.63) is 34.3 Å². The lowest BCUT2D eigenvalue weighted by Crippen LogP contribution is -2.32. The van der Waals surface area contributed by atoms with Crippen LogP contribution in [-0.2, 0) is 0 Å². The first kappa shape index (κ1) is 14.9. The monoisotopic (exact) mass is 342 g/mol. The Hall–Kier alpha value is -0.520. The smallest absolute Gasteiger partial charge is 0.251 e. The van der Waals surface area contributed by atoms with Crippen LogP contribution in [0.1, 0.15) is 23.2 Å². The van der Waals surface area contributed by atoms with Crippen molar-refractivity contribution in [1.29, 1.82) is 0 Å². The van der Waals surface area contributed by atoms with Gasteiger partial charge in [-0.25, -0.2) is 0 Å². The third-order valence-electron chi connectivity index (χ3n) is 3.11. The van der Waals surface area contributed by atoms with Crippen molar-refractivity contribution >= 4 is 33.6 Å². The zero-order valence-corrected chi connectivity index (χ0v) is 13.2. The summed E-state index contributed by atoms with van der Waals surface area (Å²) in [6.45, 7) is 1.70. The van der Waals surface area contributed by atoms with Crippen LogP contribution in [0.2, 0.25) is 0 Å². The van der Waals surface area contributed by atoms with Gasteiger partial charge in [0.2, 0.25) is 0 Å². The number of carbonyl (C=O) groups is 1. The molecule has 1 aliphatic rings. The van der Waals surface area contributed by atoms with Crippen molar-refractivity contribution in [3.63, 3.8) is 0 Å². The standard InChI is InChI=1S/C14H19BrN2OS/c15-12-4-2-11(3-5-12)14(18)17-8-1-7-16-13-6-9-19-10-13/h2-5,13,16H,1,6-10H2,(H,17,18). The number of hydrogen-bond donors (Lipinski definition) is 2. The van der Waals surface area contributed by atoms with E-state index in [1.54, 1.807) is 0 Å². The quantitative estimate of drug-likeness (QED) is 0.781. The Balaban J connectivity index is 1.59. The molecule has 0 radical (unpaired) electrons. The summed E-state index contributed by atoms with van der Waals surface area (Å²) < 4.78 is 0.989. The molecular formula is C14H19BrN2OS. The Kier molecular flexibility index (Phi) is 6.20. The minimum Gasteiger partial charge on any atom is -0.352 e. The first-order chi connectivity index (χ1) is 9.25. The summed E-state index contributed by atoms with van der Waals surface area (Å²) in [5.41, 5.74) is 0.711. The maximum atomic E-state index is 11.8. The van der Waals surface area contributed by atoms with Crippen LogP contribution in [0.5, 0.6) is 0 Å². The van der Waals surface area contributed by atoms with Crippen LogP contribution in [-0.4, -0.2) is 36.5 Å². The molecule has 1 heterocycles. The van der Waals surface area contributed by atoms with Crippen molar-refractivity contribution < 1.29 is 4.79 Å². The van der Waals surface area contributed by atoms with E-state index in [1.807, 2.05) is 36.0 Å². The Morgan fingerprint density at radius 3 is 2.79 bits per heavy atom. The molecule has 0 saturated carbocycles. The summed E-state index contributed by atoms with van der Waals surface area (Å²) in [7, 11) is 0. The molecule has 1 amide bonds. The van der Waals surface area contributed by atoms with E-state index in [2.05, 4.69) is 26.6 Å². The zero-order chi connectivity index (χ0) is 13.5. The molecule has 2 N–H and O–H groups in total. The SMILES string of the molecule is O=C(NCCCNC1CCSC1)c1ccc(Br)cc1. The second-order valence-electron chi connectivity index (χ2n) is 4.63. The highest BCUT2D eigenvalue weighted by Gasteiger charge is 2.13. The molecule has 19 heavy (non-hydrogen) atoms. The molecule has 1 fully saturated rings. The number of benzene rings is 1. The Bertz CT molecular complexity index is 404. The normalized spacial score (nSPS) is 18.5. The van der Waals surface area contributed by atoms with Crippen LogP contribution >= 0.6 is 27.7 Å². The Labute approximate surface area is 127 Å². The van der Waals surface area contributed by atoms with Gasteiger partial charge >= 0.3 is 0 Å². The summed E-state index contributed by atoms with van der Waals surface area (Å²) in [5.74, 6) is 2.51. The maximum absolute atomic E-state index is 11.8. The highest BCUT2D eigenvalue weighted by molar-refractivity contribution is 9.10. The molecule has 0 aliphatic carbocycles. The molecule has 104 valence electrons. The molecular weight excluding hydrogens is 324 g/mol. The minimum absolute atomic E-state index is 0.00363. The number of amides is 1. The van der Waals surface area contributed by atoms with Crippen molar-refractivity contribution in [2.75, 3.05) is 24.6 Å². The highest BCUT2D eigenvalue weighted by Crippen LogP contribution is 2.16. The van der Waals surface area contributed by atoms with Crippen molar-refractivity contribution in [1.82, 2.24) is 10.6 Å². The number of halogens is 1. The second-order valence-corrected chi connectivity index (χ2v) is 6.70. The molecule has 1 unspecified atom stereocenters. The van der Waals surface area contributed by atoms with Gasteiger partial charge in [-0.2, -0.15) is 11.8 Å². The fourth-order valence-corrected chi connectivity index (χ4v) is 3.45. The third kappa shape index (κ3) is 5.16. The number of thioether (sulfide) groups is 1. The minimum atomic E-state index is 0.00363. The van der Waals surface area contributed by atoms with E-state index in [9.17, 15) is 4.79 Å². The van der Waals surface area contributed by atoms with E-state index in [1.165, 1.54) is 17.9 Å². The summed E-state index contributed by atoms with van der Waals surface area (Å²) in [5, 5.41) is 6.47. The van der Waals surface area contributed by atoms with Gasteiger partial charge < -0.3 is 10.6 Å². The third-order valence-corrected chi connectivity index (χ3v) is 4.80. The lowest BCUT2D eigenvalue weighted by atomic mass is 10.2. The first-order valence-corrected chi connectivity index (χ1v) is 8.55. The molecule has 0 bridgehead atoms. The molecule has 0 aromatic heterocycles. The molecule has 5 heteroatoms.